The summed E-state index contributed by atoms with van der Waals surface area (Å²) in [5.41, 5.74) is 2.42. The van der Waals surface area contributed by atoms with Gasteiger partial charge in [-0.1, -0.05) is 12.1 Å². The summed E-state index contributed by atoms with van der Waals surface area (Å²) in [5.74, 6) is 0.845. The van der Waals surface area contributed by atoms with Crippen LogP contribution in [0.2, 0.25) is 0 Å². The molecule has 1 heterocycles. The normalized spacial score (nSPS) is 13.0. The fourth-order valence-corrected chi connectivity index (χ4v) is 4.91. The molecule has 162 valence electrons. The minimum atomic E-state index is -3.35. The van der Waals surface area contributed by atoms with Gasteiger partial charge in [0.1, 0.15) is 12.4 Å². The Kier molecular flexibility index (Phi) is 7.02. The molecule has 2 N–H and O–H groups in total. The third kappa shape index (κ3) is 5.95. The minimum Gasteiger partial charge on any atom is -0.492 e. The van der Waals surface area contributed by atoms with Crippen LogP contribution in [0.25, 0.3) is 10.1 Å². The van der Waals surface area contributed by atoms with Gasteiger partial charge in [-0.25, -0.2) is 8.42 Å². The number of aryl methyl sites for hydroxylation is 2. The predicted molar refractivity (Wildman–Crippen MR) is 124 cm³/mol. The highest BCUT2D eigenvalue weighted by atomic mass is 32.2. The molecule has 0 aliphatic carbocycles. The Hall–Kier alpha value is -2.13. The fraction of sp³-hybridized carbons (Fsp3) is 0.364. The zero-order valence-electron chi connectivity index (χ0n) is 17.7. The Morgan fingerprint density at radius 2 is 1.97 bits per heavy atom. The average Bonchev–Trinajstić information content (AvgIpc) is 2.94. The van der Waals surface area contributed by atoms with Crippen LogP contribution in [0.1, 0.15) is 22.1 Å². The summed E-state index contributed by atoms with van der Waals surface area (Å²) in [6.07, 6.45) is 0.368. The Morgan fingerprint density at radius 3 is 2.70 bits per heavy atom. The van der Waals surface area contributed by atoms with E-state index in [9.17, 15) is 13.5 Å². The van der Waals surface area contributed by atoms with Gasteiger partial charge in [-0.05, 0) is 67.7 Å². The zero-order valence-corrected chi connectivity index (χ0v) is 19.3. The second-order valence-corrected chi connectivity index (χ2v) is 10.6. The van der Waals surface area contributed by atoms with E-state index in [0.717, 1.165) is 12.0 Å². The third-order valence-electron chi connectivity index (χ3n) is 4.95. The first-order valence-corrected chi connectivity index (χ1v) is 12.4. The first-order valence-electron chi connectivity index (χ1n) is 9.69. The van der Waals surface area contributed by atoms with E-state index in [1.807, 2.05) is 18.0 Å². The Bertz CT molecular complexity index is 1130. The number of thiophene rings is 1. The topological polar surface area (TPSA) is 78.9 Å². The van der Waals surface area contributed by atoms with Crippen LogP contribution >= 0.6 is 11.3 Å². The molecule has 30 heavy (non-hydrogen) atoms. The van der Waals surface area contributed by atoms with Crippen molar-refractivity contribution in [2.45, 2.75) is 20.0 Å². The summed E-state index contributed by atoms with van der Waals surface area (Å²) in [6, 6.07) is 13.0. The van der Waals surface area contributed by atoms with E-state index >= 15 is 0 Å². The number of sulfonamides is 1. The lowest BCUT2D eigenvalue weighted by Crippen LogP contribution is -2.29. The van der Waals surface area contributed by atoms with Crippen LogP contribution in [-0.2, 0) is 10.0 Å². The summed E-state index contributed by atoms with van der Waals surface area (Å²) >= 11 is 1.78. The summed E-state index contributed by atoms with van der Waals surface area (Å²) in [6.45, 7) is 5.84. The highest BCUT2D eigenvalue weighted by Gasteiger charge is 2.13. The Balaban J connectivity index is 1.52. The van der Waals surface area contributed by atoms with Crippen molar-refractivity contribution in [2.24, 2.45) is 0 Å². The number of fused-ring (bicyclic) bond motifs is 1. The molecule has 0 aliphatic rings. The predicted octanol–water partition coefficient (Wildman–Crippen LogP) is 3.93. The van der Waals surface area contributed by atoms with Gasteiger partial charge < -0.3 is 14.7 Å². The molecule has 1 atom stereocenters. The monoisotopic (exact) mass is 448 g/mol. The van der Waals surface area contributed by atoms with Crippen LogP contribution in [0.3, 0.4) is 0 Å². The van der Waals surface area contributed by atoms with Gasteiger partial charge in [-0.2, -0.15) is 0 Å². The van der Waals surface area contributed by atoms with Crippen molar-refractivity contribution in [3.05, 3.63) is 58.5 Å². The molecular formula is C22H28N2O4S2. The van der Waals surface area contributed by atoms with Gasteiger partial charge >= 0.3 is 0 Å². The molecule has 6 nitrogen and oxygen atoms in total. The molecule has 2 aromatic carbocycles. The van der Waals surface area contributed by atoms with E-state index in [-0.39, 0.29) is 0 Å². The highest BCUT2D eigenvalue weighted by Crippen LogP contribution is 2.32. The summed E-state index contributed by atoms with van der Waals surface area (Å²) in [5, 5.41) is 11.8. The maximum Gasteiger partial charge on any atom is 0.229 e. The molecule has 3 aromatic rings. The molecule has 3 rings (SSSR count). The number of rotatable bonds is 9. The van der Waals surface area contributed by atoms with Crippen LogP contribution < -0.4 is 9.46 Å². The number of anilines is 1. The van der Waals surface area contributed by atoms with Crippen molar-refractivity contribution >= 4 is 37.1 Å². The van der Waals surface area contributed by atoms with Gasteiger partial charge in [0.2, 0.25) is 10.0 Å². The number of hydrogen-bond acceptors (Lipinski definition) is 6. The van der Waals surface area contributed by atoms with E-state index < -0.39 is 16.1 Å². The van der Waals surface area contributed by atoms with Crippen molar-refractivity contribution in [3.63, 3.8) is 0 Å². The lowest BCUT2D eigenvalue weighted by Gasteiger charge is -2.21. The molecule has 0 aliphatic heterocycles. The molecular weight excluding hydrogens is 420 g/mol. The van der Waals surface area contributed by atoms with Gasteiger partial charge in [0.25, 0.3) is 0 Å². The first-order chi connectivity index (χ1) is 14.1. The Morgan fingerprint density at radius 1 is 1.20 bits per heavy atom. The number of nitrogens with zero attached hydrogens (tertiary/aromatic N) is 1. The standard InChI is InChI=1S/C22H28N2O4S2/c1-15-16(2)29-22-13-19(8-9-20(15)22)28-11-10-24(3)14-21(25)17-6-5-7-18(12-17)23-30(4,26)27/h5-9,12-13,21,23,25H,10-11,14H2,1-4H3. The first kappa shape index (κ1) is 22.6. The highest BCUT2D eigenvalue weighted by molar-refractivity contribution is 7.92. The number of ether oxygens (including phenoxy) is 1. The van der Waals surface area contributed by atoms with E-state index in [0.29, 0.717) is 30.9 Å². The maximum atomic E-state index is 11.4. The van der Waals surface area contributed by atoms with Crippen molar-refractivity contribution in [3.8, 4) is 5.75 Å². The van der Waals surface area contributed by atoms with Gasteiger partial charge in [0.15, 0.2) is 0 Å². The molecule has 0 fully saturated rings. The molecule has 0 amide bonds. The molecule has 0 saturated heterocycles. The molecule has 8 heteroatoms. The number of aliphatic hydroxyl groups is 1. The van der Waals surface area contributed by atoms with Gasteiger partial charge in [0.05, 0.1) is 12.4 Å². The van der Waals surface area contributed by atoms with Crippen LogP contribution in [0.4, 0.5) is 5.69 Å². The summed E-state index contributed by atoms with van der Waals surface area (Å²) in [7, 11) is -1.44. The number of aliphatic hydroxyl groups excluding tert-OH is 1. The summed E-state index contributed by atoms with van der Waals surface area (Å²) < 4.78 is 32.3. The smallest absolute Gasteiger partial charge is 0.229 e. The quantitative estimate of drug-likeness (QED) is 0.518. The molecule has 1 aromatic heterocycles. The Labute approximate surface area is 182 Å². The van der Waals surface area contributed by atoms with Crippen LogP contribution in [0.15, 0.2) is 42.5 Å². The van der Waals surface area contributed by atoms with E-state index in [1.54, 1.807) is 35.6 Å². The fourth-order valence-electron chi connectivity index (χ4n) is 3.25. The number of hydrogen-bond donors (Lipinski definition) is 2. The maximum absolute atomic E-state index is 11.4. The van der Waals surface area contributed by atoms with Crippen LogP contribution in [-0.4, -0.2) is 51.4 Å². The largest absolute Gasteiger partial charge is 0.492 e. The van der Waals surface area contributed by atoms with Gasteiger partial charge in [0, 0.05) is 28.4 Å². The van der Waals surface area contributed by atoms with Gasteiger partial charge in [-0.3, -0.25) is 4.72 Å². The number of likely N-dealkylation sites (N-methyl/N-ethyl adjacent to an activating group) is 1. The van der Waals surface area contributed by atoms with E-state index in [2.05, 4.69) is 30.7 Å². The molecule has 0 saturated carbocycles. The molecule has 0 bridgehead atoms. The lowest BCUT2D eigenvalue weighted by molar-refractivity contribution is 0.118. The van der Waals surface area contributed by atoms with Crippen molar-refractivity contribution < 1.29 is 18.3 Å². The van der Waals surface area contributed by atoms with Crippen LogP contribution in [0.5, 0.6) is 5.75 Å². The van der Waals surface area contributed by atoms with Crippen LogP contribution in [0, 0.1) is 13.8 Å². The van der Waals surface area contributed by atoms with Gasteiger partial charge in [-0.15, -0.1) is 11.3 Å². The third-order valence-corrected chi connectivity index (χ3v) is 6.73. The van der Waals surface area contributed by atoms with E-state index in [4.69, 9.17) is 4.74 Å². The molecule has 0 radical (unpaired) electrons. The van der Waals surface area contributed by atoms with Crippen molar-refractivity contribution in [1.29, 1.82) is 0 Å². The second-order valence-electron chi connectivity index (χ2n) is 7.57. The molecule has 1 unspecified atom stereocenters. The molecule has 0 spiro atoms. The average molecular weight is 449 g/mol. The van der Waals surface area contributed by atoms with E-state index in [1.165, 1.54) is 20.5 Å². The number of nitrogens with one attached hydrogen (secondary N) is 1. The summed E-state index contributed by atoms with van der Waals surface area (Å²) in [4.78, 5) is 3.31. The second kappa shape index (κ2) is 9.34. The number of benzene rings is 2. The SMILES string of the molecule is Cc1sc2cc(OCCN(C)CC(O)c3cccc(NS(C)(=O)=O)c3)ccc2c1C. The lowest BCUT2D eigenvalue weighted by atomic mass is 10.1. The zero-order chi connectivity index (χ0) is 21.9. The minimum absolute atomic E-state index is 0.411. The van der Waals surface area contributed by atoms with Crippen molar-refractivity contribution in [1.82, 2.24) is 4.90 Å². The van der Waals surface area contributed by atoms with Crippen molar-refractivity contribution in [2.75, 3.05) is 37.7 Å².